The van der Waals surface area contributed by atoms with Gasteiger partial charge in [-0.3, -0.25) is 0 Å². The van der Waals surface area contributed by atoms with E-state index in [4.69, 9.17) is 17.3 Å². The summed E-state index contributed by atoms with van der Waals surface area (Å²) in [5.41, 5.74) is 7.06. The first kappa shape index (κ1) is 12.6. The molecular formula is C12H16ClN3S. The van der Waals surface area contributed by atoms with Gasteiger partial charge in [0.2, 0.25) is 0 Å². The van der Waals surface area contributed by atoms with Crippen molar-refractivity contribution in [3.8, 4) is 10.6 Å². The zero-order valence-electron chi connectivity index (χ0n) is 9.90. The number of hydrogen-bond donors (Lipinski definition) is 2. The predicted octanol–water partition coefficient (Wildman–Crippen LogP) is 3.84. The normalized spacial score (nSPS) is 13.2. The second-order valence-corrected chi connectivity index (χ2v) is 6.24. The Hall–Kier alpha value is -0.840. The number of halogens is 1. The average Bonchev–Trinajstić information content (AvgIpc) is 2.84. The summed E-state index contributed by atoms with van der Waals surface area (Å²) in [6.45, 7) is 4.31. The van der Waals surface area contributed by atoms with Crippen molar-refractivity contribution in [3.05, 3.63) is 28.5 Å². The number of H-pyrrole nitrogens is 1. The Kier molecular flexibility index (Phi) is 3.86. The van der Waals surface area contributed by atoms with Crippen LogP contribution < -0.4 is 5.73 Å². The fourth-order valence-corrected chi connectivity index (χ4v) is 2.74. The zero-order chi connectivity index (χ0) is 12.4. The van der Waals surface area contributed by atoms with E-state index < -0.39 is 0 Å². The molecule has 3 nitrogen and oxygen atoms in total. The van der Waals surface area contributed by atoms with Gasteiger partial charge in [-0.15, -0.1) is 11.3 Å². The molecule has 2 aromatic heterocycles. The first-order valence-corrected chi connectivity index (χ1v) is 6.82. The molecule has 1 unspecified atom stereocenters. The number of aromatic amines is 1. The topological polar surface area (TPSA) is 54.7 Å². The first-order valence-electron chi connectivity index (χ1n) is 5.62. The quantitative estimate of drug-likeness (QED) is 0.886. The Morgan fingerprint density at radius 3 is 2.82 bits per heavy atom. The van der Waals surface area contributed by atoms with Gasteiger partial charge in [-0.25, -0.2) is 4.98 Å². The second kappa shape index (κ2) is 5.21. The smallest absolute Gasteiger partial charge is 0.123 e. The summed E-state index contributed by atoms with van der Waals surface area (Å²) in [4.78, 5) is 8.69. The summed E-state index contributed by atoms with van der Waals surface area (Å²) in [5.74, 6) is 1.41. The molecule has 2 rings (SSSR count). The Labute approximate surface area is 110 Å². The third kappa shape index (κ3) is 3.09. The average molecular weight is 270 g/mol. The van der Waals surface area contributed by atoms with E-state index in [2.05, 4.69) is 23.8 Å². The van der Waals surface area contributed by atoms with Crippen LogP contribution in [0.4, 0.5) is 0 Å². The lowest BCUT2D eigenvalue weighted by molar-refractivity contribution is 0.496. The third-order valence-electron chi connectivity index (χ3n) is 2.51. The van der Waals surface area contributed by atoms with Gasteiger partial charge in [-0.1, -0.05) is 25.4 Å². The second-order valence-electron chi connectivity index (χ2n) is 4.52. The van der Waals surface area contributed by atoms with Gasteiger partial charge in [0.05, 0.1) is 27.1 Å². The van der Waals surface area contributed by atoms with E-state index in [0.29, 0.717) is 5.92 Å². The van der Waals surface area contributed by atoms with Crippen LogP contribution in [0.2, 0.25) is 4.34 Å². The molecule has 5 heteroatoms. The number of thiophene rings is 1. The lowest BCUT2D eigenvalue weighted by Crippen LogP contribution is -2.14. The van der Waals surface area contributed by atoms with Crippen molar-refractivity contribution in [1.82, 2.24) is 9.97 Å². The number of rotatable bonds is 4. The van der Waals surface area contributed by atoms with E-state index in [0.717, 1.165) is 27.2 Å². The van der Waals surface area contributed by atoms with Gasteiger partial charge >= 0.3 is 0 Å². The lowest BCUT2D eigenvalue weighted by Gasteiger charge is -2.10. The Bertz CT molecular complexity index is 489. The van der Waals surface area contributed by atoms with Crippen LogP contribution in [0.15, 0.2) is 18.3 Å². The molecule has 0 aliphatic rings. The first-order chi connectivity index (χ1) is 8.06. The summed E-state index contributed by atoms with van der Waals surface area (Å²) in [7, 11) is 0. The molecule has 0 fully saturated rings. The molecule has 0 amide bonds. The Morgan fingerprint density at radius 2 is 2.24 bits per heavy atom. The van der Waals surface area contributed by atoms with Crippen LogP contribution >= 0.6 is 22.9 Å². The van der Waals surface area contributed by atoms with Crippen molar-refractivity contribution >= 4 is 22.9 Å². The van der Waals surface area contributed by atoms with Crippen LogP contribution in [0.5, 0.6) is 0 Å². The van der Waals surface area contributed by atoms with Crippen molar-refractivity contribution < 1.29 is 0 Å². The molecule has 0 bridgehead atoms. The molecule has 0 aromatic carbocycles. The minimum atomic E-state index is -0.0285. The molecule has 0 saturated carbocycles. The van der Waals surface area contributed by atoms with Gasteiger partial charge in [0.1, 0.15) is 5.82 Å². The molecule has 0 saturated heterocycles. The van der Waals surface area contributed by atoms with Gasteiger partial charge in [0.15, 0.2) is 0 Å². The minimum Gasteiger partial charge on any atom is -0.340 e. The van der Waals surface area contributed by atoms with E-state index in [-0.39, 0.29) is 6.04 Å². The van der Waals surface area contributed by atoms with Gasteiger partial charge in [-0.2, -0.15) is 0 Å². The van der Waals surface area contributed by atoms with Crippen molar-refractivity contribution in [2.75, 3.05) is 0 Å². The fraction of sp³-hybridized carbons (Fsp3) is 0.417. The van der Waals surface area contributed by atoms with E-state index in [1.165, 1.54) is 11.3 Å². The number of nitrogens with two attached hydrogens (primary N) is 1. The third-order valence-corrected chi connectivity index (χ3v) is 3.78. The SMILES string of the molecule is CC(C)CC(N)c1ncc(-c2ccc(Cl)s2)[nH]1. The highest BCUT2D eigenvalue weighted by atomic mass is 35.5. The minimum absolute atomic E-state index is 0.0285. The molecule has 0 aliphatic carbocycles. The summed E-state index contributed by atoms with van der Waals surface area (Å²) >= 11 is 7.44. The largest absolute Gasteiger partial charge is 0.340 e. The molecule has 0 spiro atoms. The maximum atomic E-state index is 6.08. The molecule has 0 aliphatic heterocycles. The Morgan fingerprint density at radius 1 is 1.47 bits per heavy atom. The van der Waals surface area contributed by atoms with E-state index in [1.54, 1.807) is 0 Å². The monoisotopic (exact) mass is 269 g/mol. The summed E-state index contributed by atoms with van der Waals surface area (Å²) in [6.07, 6.45) is 2.75. The standard InChI is InChI=1S/C12H16ClN3S/c1-7(2)5-8(14)12-15-6-9(16-12)10-3-4-11(13)17-10/h3-4,6-8H,5,14H2,1-2H3,(H,15,16). The van der Waals surface area contributed by atoms with Crippen molar-refractivity contribution in [2.45, 2.75) is 26.3 Å². The molecule has 3 N–H and O–H groups in total. The Balaban J connectivity index is 2.15. The molecule has 2 aromatic rings. The fourth-order valence-electron chi connectivity index (χ4n) is 1.73. The highest BCUT2D eigenvalue weighted by molar-refractivity contribution is 7.19. The van der Waals surface area contributed by atoms with Crippen LogP contribution in [-0.4, -0.2) is 9.97 Å². The zero-order valence-corrected chi connectivity index (χ0v) is 11.5. The summed E-state index contributed by atoms with van der Waals surface area (Å²) in [5, 5.41) is 0. The van der Waals surface area contributed by atoms with Crippen molar-refractivity contribution in [1.29, 1.82) is 0 Å². The van der Waals surface area contributed by atoms with Gasteiger partial charge in [-0.05, 0) is 24.5 Å². The van der Waals surface area contributed by atoms with E-state index >= 15 is 0 Å². The molecule has 17 heavy (non-hydrogen) atoms. The molecule has 1 atom stereocenters. The number of hydrogen-bond acceptors (Lipinski definition) is 3. The maximum absolute atomic E-state index is 6.08. The van der Waals surface area contributed by atoms with Crippen molar-refractivity contribution in [3.63, 3.8) is 0 Å². The highest BCUT2D eigenvalue weighted by Gasteiger charge is 2.13. The van der Waals surface area contributed by atoms with Gasteiger partial charge in [0.25, 0.3) is 0 Å². The number of imidazole rings is 1. The maximum Gasteiger partial charge on any atom is 0.123 e. The number of nitrogens with one attached hydrogen (secondary N) is 1. The molecule has 0 radical (unpaired) electrons. The molecule has 2 heterocycles. The van der Waals surface area contributed by atoms with Crippen LogP contribution in [0.25, 0.3) is 10.6 Å². The van der Waals surface area contributed by atoms with Crippen molar-refractivity contribution in [2.24, 2.45) is 11.7 Å². The lowest BCUT2D eigenvalue weighted by atomic mass is 10.0. The molecular weight excluding hydrogens is 254 g/mol. The number of aromatic nitrogens is 2. The predicted molar refractivity (Wildman–Crippen MR) is 73.3 cm³/mol. The van der Waals surface area contributed by atoms with E-state index in [1.807, 2.05) is 18.3 Å². The van der Waals surface area contributed by atoms with Crippen LogP contribution in [0.3, 0.4) is 0 Å². The van der Waals surface area contributed by atoms with Gasteiger partial charge in [0, 0.05) is 0 Å². The molecule has 92 valence electrons. The highest BCUT2D eigenvalue weighted by Crippen LogP contribution is 2.30. The van der Waals surface area contributed by atoms with Crippen LogP contribution in [-0.2, 0) is 0 Å². The van der Waals surface area contributed by atoms with Crippen LogP contribution in [0, 0.1) is 5.92 Å². The summed E-state index contributed by atoms with van der Waals surface area (Å²) in [6, 6.07) is 3.84. The van der Waals surface area contributed by atoms with Gasteiger partial charge < -0.3 is 10.7 Å². The summed E-state index contributed by atoms with van der Waals surface area (Å²) < 4.78 is 0.780. The van der Waals surface area contributed by atoms with Crippen LogP contribution in [0.1, 0.15) is 32.1 Å². The number of nitrogens with zero attached hydrogens (tertiary/aromatic N) is 1. The van der Waals surface area contributed by atoms with E-state index in [9.17, 15) is 0 Å².